The Morgan fingerprint density at radius 2 is 2.10 bits per heavy atom. The van der Waals surface area contributed by atoms with Crippen molar-refractivity contribution in [3.8, 4) is 5.75 Å². The molecule has 0 spiro atoms. The molecule has 2 aromatic carbocycles. The summed E-state index contributed by atoms with van der Waals surface area (Å²) >= 11 is 0. The summed E-state index contributed by atoms with van der Waals surface area (Å²) in [7, 11) is 0. The van der Waals surface area contributed by atoms with E-state index in [0.717, 1.165) is 23.6 Å². The third-order valence-corrected chi connectivity index (χ3v) is 3.09. The molecule has 2 aromatic rings. The summed E-state index contributed by atoms with van der Waals surface area (Å²) in [4.78, 5) is 11.5. The Labute approximate surface area is 118 Å². The number of hydrogen-bond acceptors (Lipinski definition) is 3. The molecule has 4 heteroatoms. The summed E-state index contributed by atoms with van der Waals surface area (Å²) in [5.41, 5.74) is 3.09. The predicted octanol–water partition coefficient (Wildman–Crippen LogP) is 3.19. The van der Waals surface area contributed by atoms with Gasteiger partial charge in [0.2, 0.25) is 5.91 Å². The Morgan fingerprint density at radius 3 is 2.90 bits per heavy atom. The van der Waals surface area contributed by atoms with Crippen LogP contribution in [0.5, 0.6) is 5.75 Å². The van der Waals surface area contributed by atoms with E-state index in [2.05, 4.69) is 10.5 Å². The van der Waals surface area contributed by atoms with Crippen molar-refractivity contribution in [2.45, 2.75) is 26.2 Å². The number of hydrogen-bond donors (Lipinski definition) is 2. The van der Waals surface area contributed by atoms with Crippen LogP contribution in [0, 0.1) is 0 Å². The average Bonchev–Trinajstić information content (AvgIpc) is 2.47. The largest absolute Gasteiger partial charge is 0.507 e. The van der Waals surface area contributed by atoms with Crippen molar-refractivity contribution < 1.29 is 9.90 Å². The first-order valence-corrected chi connectivity index (χ1v) is 6.75. The Bertz CT molecular complexity index is 635. The molecule has 0 aromatic heterocycles. The summed E-state index contributed by atoms with van der Waals surface area (Å²) < 4.78 is 0. The molecule has 0 bridgehead atoms. The van der Waals surface area contributed by atoms with Gasteiger partial charge in [-0.05, 0) is 23.3 Å². The van der Waals surface area contributed by atoms with Crippen molar-refractivity contribution in [3.63, 3.8) is 0 Å². The first-order valence-electron chi connectivity index (χ1n) is 6.75. The van der Waals surface area contributed by atoms with Gasteiger partial charge in [-0.3, -0.25) is 4.79 Å². The molecular weight excluding hydrogens is 252 g/mol. The van der Waals surface area contributed by atoms with E-state index in [-0.39, 0.29) is 11.7 Å². The summed E-state index contributed by atoms with van der Waals surface area (Å²) in [5.74, 6) is 0.0399. The molecular formula is C16H18N2O2. The first kappa shape index (κ1) is 14.1. The molecule has 0 aliphatic rings. The summed E-state index contributed by atoms with van der Waals surface area (Å²) in [6.07, 6.45) is 3.78. The van der Waals surface area contributed by atoms with Crippen molar-refractivity contribution >= 4 is 22.9 Å². The number of aromatic hydroxyl groups is 1. The fourth-order valence-electron chi connectivity index (χ4n) is 1.98. The Balaban J connectivity index is 2.16. The normalized spacial score (nSPS) is 11.1. The van der Waals surface area contributed by atoms with Crippen molar-refractivity contribution in [2.24, 2.45) is 5.10 Å². The lowest BCUT2D eigenvalue weighted by molar-refractivity contribution is -0.121. The van der Waals surface area contributed by atoms with Gasteiger partial charge in [0, 0.05) is 12.0 Å². The van der Waals surface area contributed by atoms with Crippen LogP contribution < -0.4 is 5.43 Å². The predicted molar refractivity (Wildman–Crippen MR) is 80.9 cm³/mol. The van der Waals surface area contributed by atoms with Gasteiger partial charge in [-0.2, -0.15) is 5.10 Å². The highest BCUT2D eigenvalue weighted by atomic mass is 16.3. The van der Waals surface area contributed by atoms with Crippen LogP contribution in [0.25, 0.3) is 10.8 Å². The zero-order valence-electron chi connectivity index (χ0n) is 11.5. The number of benzene rings is 2. The lowest BCUT2D eigenvalue weighted by Gasteiger charge is -2.04. The van der Waals surface area contributed by atoms with Gasteiger partial charge in [0.25, 0.3) is 0 Å². The van der Waals surface area contributed by atoms with Crippen LogP contribution in [0.3, 0.4) is 0 Å². The molecule has 1 amide bonds. The second-order valence-electron chi connectivity index (χ2n) is 4.62. The van der Waals surface area contributed by atoms with Crippen LogP contribution in [0.1, 0.15) is 31.7 Å². The molecule has 4 nitrogen and oxygen atoms in total. The van der Waals surface area contributed by atoms with Gasteiger partial charge in [-0.25, -0.2) is 5.43 Å². The molecule has 2 N–H and O–H groups in total. The SMILES string of the molecule is CCCCC(=O)N/N=C/c1c(O)ccc2ccccc12. The number of hydrazone groups is 1. The number of phenols is 1. The Hall–Kier alpha value is -2.36. The van der Waals surface area contributed by atoms with Crippen LogP contribution in [-0.2, 0) is 4.79 Å². The standard InChI is InChI=1S/C16H18N2O2/c1-2-3-8-16(20)18-17-11-14-13-7-5-4-6-12(13)9-10-15(14)19/h4-7,9-11,19H,2-3,8H2,1H3,(H,18,20)/b17-11+. The van der Waals surface area contributed by atoms with Crippen molar-refractivity contribution in [2.75, 3.05) is 0 Å². The smallest absolute Gasteiger partial charge is 0.240 e. The molecule has 0 fully saturated rings. The fraction of sp³-hybridized carbons (Fsp3) is 0.250. The number of carbonyl (C=O) groups excluding carboxylic acids is 1. The second kappa shape index (κ2) is 6.70. The van der Waals surface area contributed by atoms with Crippen LogP contribution in [0.2, 0.25) is 0 Å². The molecule has 2 rings (SSSR count). The topological polar surface area (TPSA) is 61.7 Å². The minimum absolute atomic E-state index is 0.108. The molecule has 0 aliphatic heterocycles. The minimum Gasteiger partial charge on any atom is -0.507 e. The quantitative estimate of drug-likeness (QED) is 0.647. The van der Waals surface area contributed by atoms with Gasteiger partial charge in [0.1, 0.15) is 5.75 Å². The van der Waals surface area contributed by atoms with Crippen LogP contribution in [-0.4, -0.2) is 17.2 Å². The number of unbranched alkanes of at least 4 members (excludes halogenated alkanes) is 1. The van der Waals surface area contributed by atoms with Gasteiger partial charge in [-0.1, -0.05) is 43.7 Å². The lowest BCUT2D eigenvalue weighted by atomic mass is 10.0. The molecule has 0 aliphatic carbocycles. The van der Waals surface area contributed by atoms with Crippen molar-refractivity contribution in [1.29, 1.82) is 0 Å². The number of phenolic OH excluding ortho intramolecular Hbond substituents is 1. The summed E-state index contributed by atoms with van der Waals surface area (Å²) in [5, 5.41) is 15.8. The van der Waals surface area contributed by atoms with E-state index >= 15 is 0 Å². The highest BCUT2D eigenvalue weighted by Crippen LogP contribution is 2.25. The second-order valence-corrected chi connectivity index (χ2v) is 4.62. The van der Waals surface area contributed by atoms with E-state index < -0.39 is 0 Å². The van der Waals surface area contributed by atoms with Crippen molar-refractivity contribution in [3.05, 3.63) is 42.0 Å². The van der Waals surface area contributed by atoms with Gasteiger partial charge >= 0.3 is 0 Å². The maximum absolute atomic E-state index is 11.5. The number of carbonyl (C=O) groups is 1. The molecule has 0 unspecified atom stereocenters. The molecule has 0 radical (unpaired) electrons. The van der Waals surface area contributed by atoms with Gasteiger partial charge < -0.3 is 5.11 Å². The van der Waals surface area contributed by atoms with Gasteiger partial charge in [0.05, 0.1) is 6.21 Å². The van der Waals surface area contributed by atoms with E-state index in [0.29, 0.717) is 12.0 Å². The number of nitrogens with one attached hydrogen (secondary N) is 1. The number of amides is 1. The minimum atomic E-state index is -0.108. The fourth-order valence-corrected chi connectivity index (χ4v) is 1.98. The Kier molecular flexibility index (Phi) is 4.71. The van der Waals surface area contributed by atoms with Gasteiger partial charge in [-0.15, -0.1) is 0 Å². The molecule has 104 valence electrons. The third kappa shape index (κ3) is 3.35. The summed E-state index contributed by atoms with van der Waals surface area (Å²) in [6.45, 7) is 2.03. The van der Waals surface area contributed by atoms with E-state index in [1.165, 1.54) is 6.21 Å². The molecule has 0 atom stereocenters. The molecule has 0 heterocycles. The summed E-state index contributed by atoms with van der Waals surface area (Å²) in [6, 6.07) is 11.2. The monoisotopic (exact) mass is 270 g/mol. The zero-order chi connectivity index (χ0) is 14.4. The Morgan fingerprint density at radius 1 is 1.30 bits per heavy atom. The van der Waals surface area contributed by atoms with Crippen LogP contribution in [0.15, 0.2) is 41.5 Å². The van der Waals surface area contributed by atoms with Crippen LogP contribution in [0.4, 0.5) is 0 Å². The zero-order valence-corrected chi connectivity index (χ0v) is 11.5. The van der Waals surface area contributed by atoms with E-state index in [4.69, 9.17) is 0 Å². The molecule has 20 heavy (non-hydrogen) atoms. The maximum atomic E-state index is 11.5. The van der Waals surface area contributed by atoms with Gasteiger partial charge in [0.15, 0.2) is 0 Å². The van der Waals surface area contributed by atoms with Crippen LogP contribution >= 0.6 is 0 Å². The molecule has 0 saturated carbocycles. The first-order chi connectivity index (χ1) is 9.72. The maximum Gasteiger partial charge on any atom is 0.240 e. The van der Waals surface area contributed by atoms with Crippen molar-refractivity contribution in [1.82, 2.24) is 5.43 Å². The van der Waals surface area contributed by atoms with E-state index in [1.807, 2.05) is 37.3 Å². The number of nitrogens with zero attached hydrogens (tertiary/aromatic N) is 1. The van der Waals surface area contributed by atoms with E-state index in [9.17, 15) is 9.90 Å². The highest BCUT2D eigenvalue weighted by molar-refractivity contribution is 6.02. The third-order valence-electron chi connectivity index (χ3n) is 3.09. The highest BCUT2D eigenvalue weighted by Gasteiger charge is 2.04. The average molecular weight is 270 g/mol. The molecule has 0 saturated heterocycles. The van der Waals surface area contributed by atoms with E-state index in [1.54, 1.807) is 6.07 Å². The lowest BCUT2D eigenvalue weighted by Crippen LogP contribution is -2.16. The number of rotatable bonds is 5. The number of fused-ring (bicyclic) bond motifs is 1.